The van der Waals surface area contributed by atoms with Crippen molar-refractivity contribution in [3.8, 4) is 11.5 Å². The molecule has 156 valence electrons. The first-order valence-corrected chi connectivity index (χ1v) is 9.70. The molecule has 0 atom stereocenters. The second-order valence-corrected chi connectivity index (χ2v) is 7.45. The Balaban J connectivity index is 2.12. The van der Waals surface area contributed by atoms with Crippen molar-refractivity contribution in [1.29, 1.82) is 0 Å². The van der Waals surface area contributed by atoms with Crippen LogP contribution in [0, 0.1) is 0 Å². The van der Waals surface area contributed by atoms with Crippen LogP contribution in [0.2, 0.25) is 0 Å². The van der Waals surface area contributed by atoms with Crippen LogP contribution in [0.3, 0.4) is 0 Å². The molecule has 2 rings (SSSR count). The maximum absolute atomic E-state index is 12.6. The summed E-state index contributed by atoms with van der Waals surface area (Å²) < 4.78 is 10.4. The van der Waals surface area contributed by atoms with Gasteiger partial charge in [-0.2, -0.15) is 0 Å². The molecule has 2 aromatic carbocycles. The lowest BCUT2D eigenvalue weighted by molar-refractivity contribution is -0.115. The van der Waals surface area contributed by atoms with E-state index >= 15 is 0 Å². The minimum Gasteiger partial charge on any atom is -0.497 e. The highest BCUT2D eigenvalue weighted by Gasteiger charge is 2.17. The molecule has 2 aromatic rings. The standard InChI is InChI=1S/C23H30N2O4/c1-14(2)19-8-7-9-20(15(3)4)22(19)25-21(26)13-24-23(27)16-10-17(28-5)12-18(11-16)29-6/h7-12,14-15H,13H2,1-6H3,(H,24,27)(H,25,26). The van der Waals surface area contributed by atoms with Crippen LogP contribution in [0.5, 0.6) is 11.5 Å². The molecule has 0 aliphatic carbocycles. The van der Waals surface area contributed by atoms with E-state index in [9.17, 15) is 9.59 Å². The molecular weight excluding hydrogens is 368 g/mol. The first kappa shape index (κ1) is 22.3. The Morgan fingerprint density at radius 1 is 0.897 bits per heavy atom. The van der Waals surface area contributed by atoms with Gasteiger partial charge >= 0.3 is 0 Å². The van der Waals surface area contributed by atoms with Crippen molar-refractivity contribution >= 4 is 17.5 Å². The number of rotatable bonds is 8. The Morgan fingerprint density at radius 3 is 1.86 bits per heavy atom. The van der Waals surface area contributed by atoms with Crippen LogP contribution >= 0.6 is 0 Å². The normalized spacial score (nSPS) is 10.8. The molecule has 0 fully saturated rings. The summed E-state index contributed by atoms with van der Waals surface area (Å²) >= 11 is 0. The lowest BCUT2D eigenvalue weighted by Crippen LogP contribution is -2.33. The fraction of sp³-hybridized carbons (Fsp3) is 0.391. The highest BCUT2D eigenvalue weighted by atomic mass is 16.5. The summed E-state index contributed by atoms with van der Waals surface area (Å²) in [6, 6.07) is 10.9. The van der Waals surface area contributed by atoms with Gasteiger partial charge in [-0.15, -0.1) is 0 Å². The Labute approximate surface area is 172 Å². The molecule has 6 heteroatoms. The lowest BCUT2D eigenvalue weighted by atomic mass is 9.92. The number of ether oxygens (including phenoxy) is 2. The summed E-state index contributed by atoms with van der Waals surface area (Å²) in [7, 11) is 3.03. The van der Waals surface area contributed by atoms with Gasteiger partial charge in [-0.1, -0.05) is 45.9 Å². The van der Waals surface area contributed by atoms with Crippen molar-refractivity contribution in [3.63, 3.8) is 0 Å². The van der Waals surface area contributed by atoms with Gasteiger partial charge in [-0.05, 0) is 35.1 Å². The number of methoxy groups -OCH3 is 2. The second-order valence-electron chi connectivity index (χ2n) is 7.45. The van der Waals surface area contributed by atoms with E-state index in [-0.39, 0.29) is 30.2 Å². The Hall–Kier alpha value is -3.02. The van der Waals surface area contributed by atoms with Gasteiger partial charge < -0.3 is 20.1 Å². The summed E-state index contributed by atoms with van der Waals surface area (Å²) in [5, 5.41) is 5.65. The molecule has 0 aliphatic rings. The smallest absolute Gasteiger partial charge is 0.251 e. The highest BCUT2D eigenvalue weighted by Crippen LogP contribution is 2.32. The minimum atomic E-state index is -0.376. The number of anilines is 1. The minimum absolute atomic E-state index is 0.137. The van der Waals surface area contributed by atoms with Crippen molar-refractivity contribution in [1.82, 2.24) is 5.32 Å². The molecule has 0 saturated heterocycles. The van der Waals surface area contributed by atoms with Gasteiger partial charge in [0.05, 0.1) is 20.8 Å². The zero-order valence-corrected chi connectivity index (χ0v) is 18.0. The van der Waals surface area contributed by atoms with Gasteiger partial charge in [0.1, 0.15) is 11.5 Å². The number of hydrogen-bond acceptors (Lipinski definition) is 4. The summed E-state index contributed by atoms with van der Waals surface area (Å²) in [6.45, 7) is 8.22. The van der Waals surface area contributed by atoms with Crippen LogP contribution in [0.25, 0.3) is 0 Å². The molecule has 0 saturated carbocycles. The first-order valence-electron chi connectivity index (χ1n) is 9.70. The van der Waals surface area contributed by atoms with Crippen LogP contribution in [-0.2, 0) is 4.79 Å². The van der Waals surface area contributed by atoms with Gasteiger partial charge in [0, 0.05) is 17.3 Å². The molecule has 0 bridgehead atoms. The van der Waals surface area contributed by atoms with E-state index < -0.39 is 0 Å². The number of nitrogens with one attached hydrogen (secondary N) is 2. The molecule has 0 heterocycles. The van der Waals surface area contributed by atoms with E-state index in [0.29, 0.717) is 17.1 Å². The molecule has 0 aromatic heterocycles. The average Bonchev–Trinajstić information content (AvgIpc) is 2.71. The van der Waals surface area contributed by atoms with Gasteiger partial charge in [0.25, 0.3) is 5.91 Å². The highest BCUT2D eigenvalue weighted by molar-refractivity contribution is 6.00. The van der Waals surface area contributed by atoms with Gasteiger partial charge in [-0.25, -0.2) is 0 Å². The topological polar surface area (TPSA) is 76.7 Å². The van der Waals surface area contributed by atoms with Crippen LogP contribution in [0.1, 0.15) is 61.0 Å². The van der Waals surface area contributed by atoms with E-state index in [1.54, 1.807) is 18.2 Å². The third-order valence-corrected chi connectivity index (χ3v) is 4.66. The number of para-hydroxylation sites is 1. The van der Waals surface area contributed by atoms with Crippen molar-refractivity contribution in [2.45, 2.75) is 39.5 Å². The average molecular weight is 399 g/mol. The molecule has 6 nitrogen and oxygen atoms in total. The predicted octanol–water partition coefficient (Wildman–Crippen LogP) is 4.32. The summed E-state index contributed by atoms with van der Waals surface area (Å²) in [5.74, 6) is 0.894. The zero-order chi connectivity index (χ0) is 21.6. The van der Waals surface area contributed by atoms with E-state index in [1.165, 1.54) is 14.2 Å². The monoisotopic (exact) mass is 398 g/mol. The maximum Gasteiger partial charge on any atom is 0.251 e. The SMILES string of the molecule is COc1cc(OC)cc(C(=O)NCC(=O)Nc2c(C(C)C)cccc2C(C)C)c1. The summed E-state index contributed by atoms with van der Waals surface area (Å²) in [6.07, 6.45) is 0. The van der Waals surface area contributed by atoms with E-state index in [4.69, 9.17) is 9.47 Å². The lowest BCUT2D eigenvalue weighted by Gasteiger charge is -2.20. The summed E-state index contributed by atoms with van der Waals surface area (Å²) in [5.41, 5.74) is 3.35. The van der Waals surface area contributed by atoms with Crippen molar-refractivity contribution < 1.29 is 19.1 Å². The number of carbonyl (C=O) groups is 2. The quantitative estimate of drug-likeness (QED) is 0.694. The van der Waals surface area contributed by atoms with Gasteiger partial charge in [0.2, 0.25) is 5.91 Å². The molecule has 2 amide bonds. The number of amides is 2. The fourth-order valence-electron chi connectivity index (χ4n) is 3.08. The van der Waals surface area contributed by atoms with Crippen LogP contribution < -0.4 is 20.1 Å². The maximum atomic E-state index is 12.6. The Bertz CT molecular complexity index is 827. The predicted molar refractivity (Wildman–Crippen MR) is 115 cm³/mol. The van der Waals surface area contributed by atoms with Crippen LogP contribution in [-0.4, -0.2) is 32.6 Å². The Morgan fingerprint density at radius 2 is 1.41 bits per heavy atom. The zero-order valence-electron chi connectivity index (χ0n) is 18.0. The van der Waals surface area contributed by atoms with E-state index in [0.717, 1.165) is 16.8 Å². The van der Waals surface area contributed by atoms with Crippen LogP contribution in [0.4, 0.5) is 5.69 Å². The first-order chi connectivity index (χ1) is 13.8. The molecule has 29 heavy (non-hydrogen) atoms. The second kappa shape index (κ2) is 9.96. The van der Waals surface area contributed by atoms with Crippen molar-refractivity contribution in [2.75, 3.05) is 26.1 Å². The van der Waals surface area contributed by atoms with Crippen LogP contribution in [0.15, 0.2) is 36.4 Å². The molecular formula is C23H30N2O4. The molecule has 0 unspecified atom stereocenters. The summed E-state index contributed by atoms with van der Waals surface area (Å²) in [4.78, 5) is 25.1. The van der Waals surface area contributed by atoms with Gasteiger partial charge in [0.15, 0.2) is 0 Å². The third kappa shape index (κ3) is 5.73. The van der Waals surface area contributed by atoms with E-state index in [1.807, 2.05) is 18.2 Å². The Kier molecular flexibility index (Phi) is 7.65. The largest absolute Gasteiger partial charge is 0.497 e. The van der Waals surface area contributed by atoms with Crippen molar-refractivity contribution in [2.24, 2.45) is 0 Å². The van der Waals surface area contributed by atoms with Crippen molar-refractivity contribution in [3.05, 3.63) is 53.1 Å². The van der Waals surface area contributed by atoms with E-state index in [2.05, 4.69) is 38.3 Å². The fourth-order valence-corrected chi connectivity index (χ4v) is 3.08. The number of hydrogen-bond donors (Lipinski definition) is 2. The molecule has 0 aliphatic heterocycles. The molecule has 2 N–H and O–H groups in total. The number of carbonyl (C=O) groups excluding carboxylic acids is 2. The number of benzene rings is 2. The molecule has 0 spiro atoms. The third-order valence-electron chi connectivity index (χ3n) is 4.66. The molecule has 0 radical (unpaired) electrons. The van der Waals surface area contributed by atoms with Gasteiger partial charge in [-0.3, -0.25) is 9.59 Å².